The Labute approximate surface area is 76.4 Å². The Bertz CT molecular complexity index is 208. The predicted molar refractivity (Wildman–Crippen MR) is 53.6 cm³/mol. The highest BCUT2D eigenvalue weighted by Crippen LogP contribution is 2.10. The van der Waals surface area contributed by atoms with E-state index in [4.69, 9.17) is 0 Å². The van der Waals surface area contributed by atoms with Crippen LogP contribution in [0.15, 0.2) is 6.07 Å². The van der Waals surface area contributed by atoms with E-state index in [0.29, 0.717) is 0 Å². The molecule has 0 fully saturated rings. The topological polar surface area (TPSA) is 12.9 Å². The zero-order chi connectivity index (χ0) is 8.10. The van der Waals surface area contributed by atoms with Crippen LogP contribution in [0.4, 0.5) is 0 Å². The van der Waals surface area contributed by atoms with Gasteiger partial charge in [-0.25, -0.2) is 0 Å². The number of aryl methyl sites for hydroxylation is 2. The van der Waals surface area contributed by atoms with Gasteiger partial charge in [0.2, 0.25) is 0 Å². The van der Waals surface area contributed by atoms with Gasteiger partial charge in [-0.3, -0.25) is 0 Å². The highest BCUT2D eigenvalue weighted by atomic mass is 32.2. The van der Waals surface area contributed by atoms with Crippen molar-refractivity contribution < 1.29 is 0 Å². The summed E-state index contributed by atoms with van der Waals surface area (Å²) in [5.74, 6) is 2.42. The molecule has 0 unspecified atom stereocenters. The summed E-state index contributed by atoms with van der Waals surface area (Å²) in [6.45, 7) is 4.30. The Balaban J connectivity index is 2.27. The fourth-order valence-electron chi connectivity index (χ4n) is 0.857. The standard InChI is InChI=1S/C8H13NS2/c1-3-10-5-4-8-6-7(2)11-9-8/h6H,3-5H2,1-2H3. The first-order valence-corrected chi connectivity index (χ1v) is 5.75. The van der Waals surface area contributed by atoms with Gasteiger partial charge >= 0.3 is 0 Å². The van der Waals surface area contributed by atoms with E-state index >= 15 is 0 Å². The maximum Gasteiger partial charge on any atom is 0.0553 e. The first-order chi connectivity index (χ1) is 5.33. The molecule has 3 heteroatoms. The predicted octanol–water partition coefficient (Wildman–Crippen LogP) is 2.75. The Morgan fingerprint density at radius 3 is 3.00 bits per heavy atom. The molecule has 0 aliphatic carbocycles. The molecule has 0 bridgehead atoms. The zero-order valence-corrected chi connectivity index (χ0v) is 8.60. The van der Waals surface area contributed by atoms with Crippen LogP contribution in [0, 0.1) is 6.92 Å². The molecule has 0 radical (unpaired) electrons. The van der Waals surface area contributed by atoms with E-state index < -0.39 is 0 Å². The van der Waals surface area contributed by atoms with Crippen molar-refractivity contribution in [2.75, 3.05) is 11.5 Å². The number of hydrogen-bond acceptors (Lipinski definition) is 3. The molecule has 1 heterocycles. The summed E-state index contributed by atoms with van der Waals surface area (Å²) in [5, 5.41) is 0. The molecular formula is C8H13NS2. The third kappa shape index (κ3) is 3.25. The maximum absolute atomic E-state index is 4.32. The van der Waals surface area contributed by atoms with E-state index in [-0.39, 0.29) is 0 Å². The summed E-state index contributed by atoms with van der Waals surface area (Å²) in [6, 6.07) is 2.18. The lowest BCUT2D eigenvalue weighted by Gasteiger charge is -1.93. The summed E-state index contributed by atoms with van der Waals surface area (Å²) >= 11 is 3.58. The van der Waals surface area contributed by atoms with Gasteiger partial charge in [0.05, 0.1) is 5.69 Å². The Kier molecular flexibility index (Phi) is 3.94. The van der Waals surface area contributed by atoms with Crippen LogP contribution < -0.4 is 0 Å². The molecule has 0 aliphatic heterocycles. The van der Waals surface area contributed by atoms with Crippen molar-refractivity contribution in [1.82, 2.24) is 4.37 Å². The van der Waals surface area contributed by atoms with E-state index in [2.05, 4.69) is 24.3 Å². The molecule has 0 saturated carbocycles. The van der Waals surface area contributed by atoms with E-state index in [1.807, 2.05) is 11.8 Å². The van der Waals surface area contributed by atoms with Crippen molar-refractivity contribution >= 4 is 23.3 Å². The fourth-order valence-corrected chi connectivity index (χ4v) is 2.09. The molecule has 0 amide bonds. The molecule has 1 aromatic rings. The monoisotopic (exact) mass is 187 g/mol. The third-order valence-corrected chi connectivity index (χ3v) is 3.02. The van der Waals surface area contributed by atoms with E-state index in [1.54, 1.807) is 11.5 Å². The van der Waals surface area contributed by atoms with Gasteiger partial charge in [0.25, 0.3) is 0 Å². The zero-order valence-electron chi connectivity index (χ0n) is 6.96. The van der Waals surface area contributed by atoms with Gasteiger partial charge in [-0.2, -0.15) is 16.1 Å². The first kappa shape index (κ1) is 9.07. The number of nitrogens with zero attached hydrogens (tertiary/aromatic N) is 1. The van der Waals surface area contributed by atoms with Crippen molar-refractivity contribution in [2.45, 2.75) is 20.3 Å². The molecule has 62 valence electrons. The van der Waals surface area contributed by atoms with E-state index in [0.717, 1.165) is 6.42 Å². The molecule has 1 aromatic heterocycles. The van der Waals surface area contributed by atoms with Gasteiger partial charge in [0.15, 0.2) is 0 Å². The smallest absolute Gasteiger partial charge is 0.0553 e. The number of thioether (sulfide) groups is 1. The average molecular weight is 187 g/mol. The molecule has 0 saturated heterocycles. The van der Waals surface area contributed by atoms with Crippen molar-refractivity contribution in [3.63, 3.8) is 0 Å². The summed E-state index contributed by atoms with van der Waals surface area (Å²) in [4.78, 5) is 1.32. The van der Waals surface area contributed by atoms with Crippen LogP contribution in [-0.2, 0) is 6.42 Å². The lowest BCUT2D eigenvalue weighted by Crippen LogP contribution is -1.87. The quantitative estimate of drug-likeness (QED) is 0.672. The Morgan fingerprint density at radius 2 is 2.45 bits per heavy atom. The van der Waals surface area contributed by atoms with Gasteiger partial charge < -0.3 is 0 Å². The molecular weight excluding hydrogens is 174 g/mol. The van der Waals surface area contributed by atoms with E-state index in [1.165, 1.54) is 22.1 Å². The second kappa shape index (κ2) is 4.78. The maximum atomic E-state index is 4.32. The summed E-state index contributed by atoms with van der Waals surface area (Å²) < 4.78 is 4.32. The molecule has 0 aliphatic rings. The molecule has 1 nitrogen and oxygen atoms in total. The summed E-state index contributed by atoms with van der Waals surface area (Å²) in [7, 11) is 0. The number of aromatic nitrogens is 1. The van der Waals surface area contributed by atoms with Crippen molar-refractivity contribution in [1.29, 1.82) is 0 Å². The molecule has 0 aromatic carbocycles. The van der Waals surface area contributed by atoms with Crippen LogP contribution in [0.5, 0.6) is 0 Å². The van der Waals surface area contributed by atoms with Crippen molar-refractivity contribution in [2.24, 2.45) is 0 Å². The van der Waals surface area contributed by atoms with Crippen molar-refractivity contribution in [3.05, 3.63) is 16.6 Å². The van der Waals surface area contributed by atoms with Crippen LogP contribution in [0.1, 0.15) is 17.5 Å². The van der Waals surface area contributed by atoms with Gasteiger partial charge in [-0.15, -0.1) is 0 Å². The minimum atomic E-state index is 1.13. The third-order valence-electron chi connectivity index (χ3n) is 1.38. The van der Waals surface area contributed by atoms with Crippen LogP contribution >= 0.6 is 23.3 Å². The summed E-state index contributed by atoms with van der Waals surface area (Å²) in [5.41, 5.74) is 1.26. The van der Waals surface area contributed by atoms with Crippen LogP contribution in [0.2, 0.25) is 0 Å². The SMILES string of the molecule is CCSCCc1cc(C)sn1. The largest absolute Gasteiger partial charge is 0.197 e. The lowest BCUT2D eigenvalue weighted by atomic mass is 10.3. The average Bonchev–Trinajstić information content (AvgIpc) is 2.37. The van der Waals surface area contributed by atoms with Crippen molar-refractivity contribution in [3.8, 4) is 0 Å². The second-order valence-electron chi connectivity index (χ2n) is 2.38. The van der Waals surface area contributed by atoms with Crippen LogP contribution in [-0.4, -0.2) is 15.9 Å². The number of rotatable bonds is 4. The Morgan fingerprint density at radius 1 is 1.64 bits per heavy atom. The second-order valence-corrected chi connectivity index (χ2v) is 4.78. The van der Waals surface area contributed by atoms with Gasteiger partial charge in [0, 0.05) is 4.88 Å². The Hall–Kier alpha value is -0.0200. The molecule has 0 spiro atoms. The highest BCUT2D eigenvalue weighted by Gasteiger charge is 1.96. The molecule has 1 rings (SSSR count). The number of hydrogen-bond donors (Lipinski definition) is 0. The highest BCUT2D eigenvalue weighted by molar-refractivity contribution is 7.99. The van der Waals surface area contributed by atoms with E-state index in [9.17, 15) is 0 Å². The lowest BCUT2D eigenvalue weighted by molar-refractivity contribution is 1.10. The van der Waals surface area contributed by atoms with Crippen LogP contribution in [0.3, 0.4) is 0 Å². The normalized spacial score (nSPS) is 10.4. The van der Waals surface area contributed by atoms with Gasteiger partial charge in [-0.1, -0.05) is 6.92 Å². The molecule has 0 N–H and O–H groups in total. The van der Waals surface area contributed by atoms with Gasteiger partial charge in [0.1, 0.15) is 0 Å². The first-order valence-electron chi connectivity index (χ1n) is 3.83. The molecule has 0 atom stereocenters. The molecule has 11 heavy (non-hydrogen) atoms. The minimum absolute atomic E-state index is 1.13. The van der Waals surface area contributed by atoms with Crippen LogP contribution in [0.25, 0.3) is 0 Å². The summed E-state index contributed by atoms with van der Waals surface area (Å²) in [6.07, 6.45) is 1.13. The minimum Gasteiger partial charge on any atom is -0.197 e. The fraction of sp³-hybridized carbons (Fsp3) is 0.625. The van der Waals surface area contributed by atoms with Gasteiger partial charge in [-0.05, 0) is 42.4 Å².